The van der Waals surface area contributed by atoms with E-state index in [2.05, 4.69) is 59.0 Å². The van der Waals surface area contributed by atoms with Gasteiger partial charge in [-0.15, -0.1) is 0 Å². The van der Waals surface area contributed by atoms with Crippen LogP contribution in [-0.2, 0) is 17.8 Å². The van der Waals surface area contributed by atoms with Crippen molar-refractivity contribution in [2.75, 3.05) is 19.7 Å². The predicted octanol–water partition coefficient (Wildman–Crippen LogP) is 3.45. The van der Waals surface area contributed by atoms with Crippen molar-refractivity contribution in [1.82, 2.24) is 14.9 Å². The highest BCUT2D eigenvalue weighted by atomic mass is 16.5. The number of amides is 1. The predicted molar refractivity (Wildman–Crippen MR) is 122 cm³/mol. The summed E-state index contributed by atoms with van der Waals surface area (Å²) in [6, 6.07) is 15.0. The number of hydroxylamine groups is 1. The van der Waals surface area contributed by atoms with Crippen LogP contribution in [0, 0.1) is 6.92 Å². The lowest BCUT2D eigenvalue weighted by Crippen LogP contribution is -2.33. The number of fused-ring (bicyclic) bond motifs is 2. The van der Waals surface area contributed by atoms with Crippen molar-refractivity contribution >= 4 is 22.9 Å². The van der Waals surface area contributed by atoms with E-state index in [1.54, 1.807) is 11.6 Å². The maximum absolute atomic E-state index is 11.2. The van der Waals surface area contributed by atoms with Gasteiger partial charge in [0.15, 0.2) is 0 Å². The number of aromatic nitrogens is 1. The lowest BCUT2D eigenvalue weighted by atomic mass is 10.0. The smallest absolute Gasteiger partial charge is 0.267 e. The van der Waals surface area contributed by atoms with Crippen LogP contribution in [0.25, 0.3) is 17.0 Å². The molecule has 1 aliphatic carbocycles. The molecule has 2 aromatic carbocycles. The zero-order valence-corrected chi connectivity index (χ0v) is 17.8. The Hall–Kier alpha value is -2.93. The van der Waals surface area contributed by atoms with E-state index in [0.29, 0.717) is 6.54 Å². The number of nitrogens with zero attached hydrogens (tertiary/aromatic N) is 2. The first-order valence-electron chi connectivity index (χ1n) is 10.7. The fourth-order valence-corrected chi connectivity index (χ4v) is 4.71. The number of aliphatic hydroxyl groups excluding tert-OH is 1. The average Bonchev–Trinajstić information content (AvgIpc) is 3.36. The summed E-state index contributed by atoms with van der Waals surface area (Å²) < 4.78 is 2.31. The van der Waals surface area contributed by atoms with E-state index < -0.39 is 5.91 Å². The van der Waals surface area contributed by atoms with Crippen molar-refractivity contribution in [2.24, 2.45) is 0 Å². The Kier molecular flexibility index (Phi) is 6.51. The van der Waals surface area contributed by atoms with Gasteiger partial charge in [0.2, 0.25) is 0 Å². The highest BCUT2D eigenvalue weighted by Crippen LogP contribution is 2.36. The number of rotatable bonds is 8. The molecule has 1 amide bonds. The number of aliphatic hydroxyl groups is 1. The normalized spacial score (nSPS) is 15.8. The van der Waals surface area contributed by atoms with Crippen LogP contribution in [-0.4, -0.2) is 45.4 Å². The van der Waals surface area contributed by atoms with Crippen LogP contribution < -0.4 is 5.48 Å². The monoisotopic (exact) mass is 419 g/mol. The second-order valence-corrected chi connectivity index (χ2v) is 8.10. The standard InChI is InChI=1S/C25H29N3O3/c1-18-17-28(23-5-3-2-4-21(18)23)13-12-27(14-15-29)24-10-8-20-16-19(6-9-22(20)24)7-11-25(30)26-31/h2-7,9,11,16-17,24,29,31H,8,10,12-15H2,1H3,(H,26,30)/b11-7+. The van der Waals surface area contributed by atoms with Gasteiger partial charge in [0.05, 0.1) is 6.61 Å². The summed E-state index contributed by atoms with van der Waals surface area (Å²) in [7, 11) is 0. The number of carbonyl (C=O) groups excluding carboxylic acids is 1. The molecule has 3 N–H and O–H groups in total. The number of aryl methyl sites for hydroxylation is 2. The molecule has 4 rings (SSSR count). The minimum atomic E-state index is -0.541. The van der Waals surface area contributed by atoms with E-state index in [4.69, 9.17) is 5.21 Å². The molecule has 0 spiro atoms. The second-order valence-electron chi connectivity index (χ2n) is 8.10. The number of nitrogens with one attached hydrogen (secondary N) is 1. The highest BCUT2D eigenvalue weighted by molar-refractivity contribution is 5.90. The number of carbonyl (C=O) groups is 1. The first-order valence-corrected chi connectivity index (χ1v) is 10.7. The van der Waals surface area contributed by atoms with E-state index in [0.717, 1.165) is 31.5 Å². The van der Waals surface area contributed by atoms with Crippen molar-refractivity contribution in [1.29, 1.82) is 0 Å². The van der Waals surface area contributed by atoms with Gasteiger partial charge in [-0.1, -0.05) is 36.4 Å². The molecule has 1 heterocycles. The number of hydrogen-bond acceptors (Lipinski definition) is 4. The molecule has 0 radical (unpaired) electrons. The van der Waals surface area contributed by atoms with E-state index >= 15 is 0 Å². The molecule has 0 bridgehead atoms. The van der Waals surface area contributed by atoms with E-state index in [9.17, 15) is 9.90 Å². The molecular formula is C25H29N3O3. The summed E-state index contributed by atoms with van der Waals surface area (Å²) in [5, 5.41) is 19.6. The fourth-order valence-electron chi connectivity index (χ4n) is 4.71. The molecular weight excluding hydrogens is 390 g/mol. The SMILES string of the molecule is Cc1cn(CCN(CCO)C2CCc3cc(/C=C/C(=O)NO)ccc32)c2ccccc12. The first-order chi connectivity index (χ1) is 15.1. The average molecular weight is 420 g/mol. The Balaban J connectivity index is 1.51. The van der Waals surface area contributed by atoms with Crippen LogP contribution in [0.1, 0.15) is 34.7 Å². The third kappa shape index (κ3) is 4.56. The minimum absolute atomic E-state index is 0.133. The van der Waals surface area contributed by atoms with E-state index in [-0.39, 0.29) is 12.6 Å². The van der Waals surface area contributed by atoms with Crippen molar-refractivity contribution in [3.05, 3.63) is 77.0 Å². The largest absolute Gasteiger partial charge is 0.395 e. The molecule has 31 heavy (non-hydrogen) atoms. The van der Waals surface area contributed by atoms with Crippen LogP contribution in [0.3, 0.4) is 0 Å². The summed E-state index contributed by atoms with van der Waals surface area (Å²) in [5.41, 5.74) is 7.65. The zero-order valence-electron chi connectivity index (χ0n) is 17.8. The fraction of sp³-hybridized carbons (Fsp3) is 0.320. The van der Waals surface area contributed by atoms with Crippen molar-refractivity contribution in [2.45, 2.75) is 32.4 Å². The van der Waals surface area contributed by atoms with Gasteiger partial charge < -0.3 is 9.67 Å². The molecule has 1 atom stereocenters. The Morgan fingerprint density at radius 1 is 1.26 bits per heavy atom. The third-order valence-electron chi connectivity index (χ3n) is 6.19. The van der Waals surface area contributed by atoms with Gasteiger partial charge in [0.1, 0.15) is 0 Å². The van der Waals surface area contributed by atoms with Crippen LogP contribution in [0.5, 0.6) is 0 Å². The van der Waals surface area contributed by atoms with Crippen LogP contribution in [0.4, 0.5) is 0 Å². The van der Waals surface area contributed by atoms with E-state index in [1.165, 1.54) is 33.7 Å². The number of para-hydroxylation sites is 1. The topological polar surface area (TPSA) is 77.7 Å². The lowest BCUT2D eigenvalue weighted by molar-refractivity contribution is -0.124. The Labute approximate surface area is 182 Å². The summed E-state index contributed by atoms with van der Waals surface area (Å²) in [6.07, 6.45) is 7.22. The quantitative estimate of drug-likeness (QED) is 0.297. The molecule has 0 saturated carbocycles. The molecule has 3 aromatic rings. The molecule has 0 aliphatic heterocycles. The Morgan fingerprint density at radius 3 is 2.90 bits per heavy atom. The lowest BCUT2D eigenvalue weighted by Gasteiger charge is -2.29. The van der Waals surface area contributed by atoms with Gasteiger partial charge in [0.25, 0.3) is 5.91 Å². The molecule has 162 valence electrons. The van der Waals surface area contributed by atoms with Crippen molar-refractivity contribution in [3.8, 4) is 0 Å². The van der Waals surface area contributed by atoms with Gasteiger partial charge in [0, 0.05) is 48.9 Å². The van der Waals surface area contributed by atoms with Crippen LogP contribution in [0.15, 0.2) is 54.7 Å². The zero-order chi connectivity index (χ0) is 21.8. The summed E-state index contributed by atoms with van der Waals surface area (Å²) >= 11 is 0. The van der Waals surface area contributed by atoms with Crippen molar-refractivity contribution in [3.63, 3.8) is 0 Å². The van der Waals surface area contributed by atoms with Crippen molar-refractivity contribution < 1.29 is 15.1 Å². The molecule has 1 aromatic heterocycles. The minimum Gasteiger partial charge on any atom is -0.395 e. The molecule has 1 unspecified atom stereocenters. The third-order valence-corrected chi connectivity index (χ3v) is 6.19. The van der Waals surface area contributed by atoms with Gasteiger partial charge in [-0.05, 0) is 54.2 Å². The summed E-state index contributed by atoms with van der Waals surface area (Å²) in [4.78, 5) is 13.6. The van der Waals surface area contributed by atoms with Crippen LogP contribution >= 0.6 is 0 Å². The van der Waals surface area contributed by atoms with Gasteiger partial charge in [-0.25, -0.2) is 5.48 Å². The van der Waals surface area contributed by atoms with Gasteiger partial charge in [-0.3, -0.25) is 14.9 Å². The summed E-state index contributed by atoms with van der Waals surface area (Å²) in [5.74, 6) is -0.541. The van der Waals surface area contributed by atoms with Crippen LogP contribution in [0.2, 0.25) is 0 Å². The highest BCUT2D eigenvalue weighted by Gasteiger charge is 2.27. The van der Waals surface area contributed by atoms with Gasteiger partial charge in [-0.2, -0.15) is 0 Å². The molecule has 1 aliphatic rings. The maximum Gasteiger partial charge on any atom is 0.267 e. The second kappa shape index (κ2) is 9.47. The maximum atomic E-state index is 11.2. The molecule has 6 nitrogen and oxygen atoms in total. The number of benzene rings is 2. The first kappa shape index (κ1) is 21.3. The molecule has 0 fully saturated rings. The van der Waals surface area contributed by atoms with E-state index in [1.807, 2.05) is 6.07 Å². The number of hydrogen-bond donors (Lipinski definition) is 3. The Morgan fingerprint density at radius 2 is 2.10 bits per heavy atom. The van der Waals surface area contributed by atoms with Gasteiger partial charge >= 0.3 is 0 Å². The summed E-state index contributed by atoms with van der Waals surface area (Å²) in [6.45, 7) is 4.65. The Bertz CT molecular complexity index is 1100. The molecule has 0 saturated heterocycles. The molecule has 6 heteroatoms.